The largest absolute Gasteiger partial charge is 0.424 e. The van der Waals surface area contributed by atoms with Crippen molar-refractivity contribution in [2.75, 3.05) is 44.7 Å². The predicted molar refractivity (Wildman–Crippen MR) is 163 cm³/mol. The number of fused-ring (bicyclic) bond motifs is 3. The van der Waals surface area contributed by atoms with Gasteiger partial charge in [0.25, 0.3) is 0 Å². The summed E-state index contributed by atoms with van der Waals surface area (Å²) in [6.45, 7) is 7.54. The van der Waals surface area contributed by atoms with E-state index in [1.54, 1.807) is 17.2 Å². The molecule has 2 aromatic carbocycles. The number of pyridine rings is 1. The van der Waals surface area contributed by atoms with Crippen molar-refractivity contribution in [1.82, 2.24) is 34.9 Å². The van der Waals surface area contributed by atoms with Gasteiger partial charge in [0, 0.05) is 61.8 Å². The first-order valence-electron chi connectivity index (χ1n) is 14.0. The number of anilines is 1. The zero-order chi connectivity index (χ0) is 29.7. The minimum atomic E-state index is -0.575. The van der Waals surface area contributed by atoms with Crippen molar-refractivity contribution in [3.8, 4) is 23.0 Å². The highest BCUT2D eigenvalue weighted by atomic mass is 35.5. The number of aromatic amines is 1. The summed E-state index contributed by atoms with van der Waals surface area (Å²) in [4.78, 5) is 32.8. The summed E-state index contributed by atoms with van der Waals surface area (Å²) < 4.78 is 21.2. The minimum Gasteiger partial charge on any atom is -0.424 e. The molecule has 0 radical (unpaired) electrons. The number of nitrogens with zero attached hydrogens (tertiary/aromatic N) is 7. The van der Waals surface area contributed by atoms with Crippen LogP contribution in [0.15, 0.2) is 55.3 Å². The van der Waals surface area contributed by atoms with Gasteiger partial charge >= 0.3 is 6.01 Å². The van der Waals surface area contributed by atoms with Gasteiger partial charge in [-0.2, -0.15) is 15.1 Å². The van der Waals surface area contributed by atoms with Crippen molar-refractivity contribution in [2.24, 2.45) is 0 Å². The lowest BCUT2D eigenvalue weighted by atomic mass is 9.99. The van der Waals surface area contributed by atoms with E-state index in [1.807, 2.05) is 18.2 Å². The zero-order valence-corrected chi connectivity index (χ0v) is 24.2. The first-order valence-corrected chi connectivity index (χ1v) is 14.4. The van der Waals surface area contributed by atoms with Crippen molar-refractivity contribution >= 4 is 45.3 Å². The van der Waals surface area contributed by atoms with Crippen molar-refractivity contribution in [3.63, 3.8) is 0 Å². The summed E-state index contributed by atoms with van der Waals surface area (Å²) in [6.07, 6.45) is 3.78. The van der Waals surface area contributed by atoms with E-state index >= 15 is 0 Å². The molecule has 1 amide bonds. The maximum Gasteiger partial charge on any atom is 0.326 e. The molecule has 0 saturated carbocycles. The molecular formula is C31H28ClFN8O2. The maximum atomic E-state index is 14.8. The predicted octanol–water partition coefficient (Wildman–Crippen LogP) is 4.98. The smallest absolute Gasteiger partial charge is 0.326 e. The third kappa shape index (κ3) is 4.94. The highest BCUT2D eigenvalue weighted by molar-refractivity contribution is 6.35. The molecule has 1 N–H and O–H groups in total. The van der Waals surface area contributed by atoms with E-state index in [9.17, 15) is 9.18 Å². The Balaban J connectivity index is 1.34. The molecule has 3 aromatic heterocycles. The number of rotatable bonds is 5. The molecule has 5 aromatic rings. The van der Waals surface area contributed by atoms with Gasteiger partial charge in [-0.05, 0) is 43.3 Å². The molecule has 43 heavy (non-hydrogen) atoms. The first kappa shape index (κ1) is 27.2. The van der Waals surface area contributed by atoms with Crippen molar-refractivity contribution in [3.05, 3.63) is 77.2 Å². The number of likely N-dealkylation sites (N-methyl/N-ethyl adjacent to an activating group) is 1. The van der Waals surface area contributed by atoms with Gasteiger partial charge in [0.2, 0.25) is 5.91 Å². The molecule has 0 unspecified atom stereocenters. The fourth-order valence-corrected chi connectivity index (χ4v) is 6.11. The molecule has 2 aliphatic heterocycles. The zero-order valence-electron chi connectivity index (χ0n) is 23.5. The molecular weight excluding hydrogens is 571 g/mol. The van der Waals surface area contributed by atoms with E-state index in [0.717, 1.165) is 25.1 Å². The van der Waals surface area contributed by atoms with Crippen LogP contribution in [0.1, 0.15) is 11.1 Å². The summed E-state index contributed by atoms with van der Waals surface area (Å²) in [6, 6.07) is 11.1. The van der Waals surface area contributed by atoms with Gasteiger partial charge in [-0.1, -0.05) is 30.3 Å². The van der Waals surface area contributed by atoms with Gasteiger partial charge in [0.1, 0.15) is 17.4 Å². The fraction of sp³-hybridized carbons (Fsp3) is 0.258. The van der Waals surface area contributed by atoms with Crippen LogP contribution in [0.3, 0.4) is 0 Å². The second kappa shape index (κ2) is 10.9. The van der Waals surface area contributed by atoms with E-state index in [4.69, 9.17) is 31.3 Å². The van der Waals surface area contributed by atoms with Gasteiger partial charge in [0.05, 0.1) is 27.8 Å². The van der Waals surface area contributed by atoms with Crippen molar-refractivity contribution < 1.29 is 13.9 Å². The van der Waals surface area contributed by atoms with Gasteiger partial charge in [0.15, 0.2) is 5.65 Å². The normalized spacial score (nSPS) is 15.6. The summed E-state index contributed by atoms with van der Waals surface area (Å²) >= 11 is 6.47. The molecule has 5 heterocycles. The van der Waals surface area contributed by atoms with Crippen molar-refractivity contribution in [2.45, 2.75) is 13.0 Å². The lowest BCUT2D eigenvalue weighted by Crippen LogP contribution is -2.48. The molecule has 1 saturated heterocycles. The van der Waals surface area contributed by atoms with Crippen LogP contribution in [-0.2, 0) is 17.8 Å². The number of nitrogens with one attached hydrogen (secondary N) is 1. The number of halogens is 2. The summed E-state index contributed by atoms with van der Waals surface area (Å²) in [5, 5.41) is 8.17. The van der Waals surface area contributed by atoms with Crippen LogP contribution in [-0.4, -0.2) is 80.6 Å². The number of carbonyl (C=O) groups is 1. The third-order valence-corrected chi connectivity index (χ3v) is 8.46. The quantitative estimate of drug-likeness (QED) is 0.283. The van der Waals surface area contributed by atoms with Crippen LogP contribution < -0.4 is 9.64 Å². The highest BCUT2D eigenvalue weighted by Crippen LogP contribution is 2.38. The second-order valence-electron chi connectivity index (χ2n) is 10.8. The maximum absolute atomic E-state index is 14.8. The fourth-order valence-electron chi connectivity index (χ4n) is 5.86. The Labute approximate surface area is 251 Å². The average molecular weight is 599 g/mol. The number of ether oxygens (including phenoxy) is 1. The SMILES string of the molecule is C=CC(=O)N1CCN(c2nc(Oc3cccc4c3CCN(C)C4)nc3nc(-c4c(Cl)c(F)cc5[nH]ncc45)ccc23)CC1. The topological polar surface area (TPSA) is 103 Å². The van der Waals surface area contributed by atoms with Gasteiger partial charge in [-0.3, -0.25) is 9.89 Å². The van der Waals surface area contributed by atoms with E-state index in [-0.39, 0.29) is 16.9 Å². The molecule has 0 aliphatic carbocycles. The summed E-state index contributed by atoms with van der Waals surface area (Å²) in [5.41, 5.74) is 4.10. The molecule has 12 heteroatoms. The number of H-pyrrole nitrogens is 1. The Morgan fingerprint density at radius 2 is 1.93 bits per heavy atom. The standard InChI is InChI=1S/C31H28ClFN8O2/c1-3-26(42)40-11-13-41(14-12-40)30-20-7-8-23(27-21-16-34-38-24(21)15-22(33)28(27)32)35-29(20)36-31(37-30)43-25-6-4-5-18-17-39(2)10-9-19(18)25/h3-8,15-16H,1,9-14,17H2,2H3,(H,34,38). The molecule has 2 aliphatic rings. The van der Waals surface area contributed by atoms with Crippen LogP contribution in [0.5, 0.6) is 11.8 Å². The molecule has 0 spiro atoms. The van der Waals surface area contributed by atoms with Crippen LogP contribution >= 0.6 is 11.6 Å². The second-order valence-corrected chi connectivity index (χ2v) is 11.2. The number of aromatic nitrogens is 5. The Hall–Kier alpha value is -4.61. The number of hydrogen-bond acceptors (Lipinski definition) is 8. The Morgan fingerprint density at radius 3 is 2.74 bits per heavy atom. The Morgan fingerprint density at radius 1 is 1.09 bits per heavy atom. The molecule has 1 fully saturated rings. The molecule has 0 bridgehead atoms. The Bertz CT molecular complexity index is 1900. The number of piperazine rings is 1. The van der Waals surface area contributed by atoms with Crippen LogP contribution in [0, 0.1) is 5.82 Å². The van der Waals surface area contributed by atoms with Crippen LogP contribution in [0.2, 0.25) is 5.02 Å². The van der Waals surface area contributed by atoms with E-state index in [0.29, 0.717) is 70.9 Å². The average Bonchev–Trinajstić information content (AvgIpc) is 3.48. The molecule has 10 nitrogen and oxygen atoms in total. The van der Waals surface area contributed by atoms with Crippen LogP contribution in [0.4, 0.5) is 10.2 Å². The number of amides is 1. The first-order chi connectivity index (χ1) is 20.9. The lowest BCUT2D eigenvalue weighted by molar-refractivity contribution is -0.126. The van der Waals surface area contributed by atoms with Crippen LogP contribution in [0.25, 0.3) is 33.2 Å². The van der Waals surface area contributed by atoms with Gasteiger partial charge in [-0.15, -0.1) is 0 Å². The summed E-state index contributed by atoms with van der Waals surface area (Å²) in [7, 11) is 2.10. The highest BCUT2D eigenvalue weighted by Gasteiger charge is 2.25. The molecule has 7 rings (SSSR count). The monoisotopic (exact) mass is 598 g/mol. The van der Waals surface area contributed by atoms with Crippen molar-refractivity contribution in [1.29, 1.82) is 0 Å². The molecule has 218 valence electrons. The molecule has 0 atom stereocenters. The van der Waals surface area contributed by atoms with E-state index in [2.05, 4.69) is 39.7 Å². The third-order valence-electron chi connectivity index (χ3n) is 8.09. The number of benzene rings is 2. The minimum absolute atomic E-state index is 0.0459. The summed E-state index contributed by atoms with van der Waals surface area (Å²) in [5.74, 6) is 0.684. The number of carbonyl (C=O) groups excluding carboxylic acids is 1. The van der Waals surface area contributed by atoms with Gasteiger partial charge in [-0.25, -0.2) is 9.37 Å². The van der Waals surface area contributed by atoms with E-state index in [1.165, 1.54) is 17.7 Å². The lowest BCUT2D eigenvalue weighted by Gasteiger charge is -2.35. The van der Waals surface area contributed by atoms with E-state index < -0.39 is 5.82 Å². The Kier molecular flexibility index (Phi) is 6.91. The van der Waals surface area contributed by atoms with Gasteiger partial charge < -0.3 is 19.4 Å². The number of hydrogen-bond donors (Lipinski definition) is 1.